The Hall–Kier alpha value is -4.21. The van der Waals surface area contributed by atoms with Gasteiger partial charge in [-0.3, -0.25) is 4.79 Å². The third kappa shape index (κ3) is 5.84. The lowest BCUT2D eigenvalue weighted by atomic mass is 10.1. The van der Waals surface area contributed by atoms with Crippen LogP contribution in [0.2, 0.25) is 0 Å². The number of hydrogen-bond donors (Lipinski definition) is 1. The number of nitrogens with one attached hydrogen (secondary N) is 1. The maximum Gasteiger partial charge on any atom is 0.337 e. The van der Waals surface area contributed by atoms with Crippen LogP contribution in [0.15, 0.2) is 53.1 Å². The minimum Gasteiger partial charge on any atom is -0.465 e. The van der Waals surface area contributed by atoms with Crippen molar-refractivity contribution in [3.8, 4) is 11.5 Å². The first kappa shape index (κ1) is 23.9. The van der Waals surface area contributed by atoms with Gasteiger partial charge in [-0.15, -0.1) is 0 Å². The number of esters is 1. The highest BCUT2D eigenvalue weighted by molar-refractivity contribution is 5.95. The van der Waals surface area contributed by atoms with Gasteiger partial charge in [0.25, 0.3) is 11.8 Å². The molecule has 0 aliphatic carbocycles. The summed E-state index contributed by atoms with van der Waals surface area (Å²) >= 11 is 0. The molecule has 35 heavy (non-hydrogen) atoms. The number of ether oxygens (including phenoxy) is 1. The fraction of sp³-hybridized carbons (Fsp3) is 0.320. The number of likely N-dealkylation sites (N-methyl/N-ethyl adjacent to an activating group) is 1. The van der Waals surface area contributed by atoms with Crippen LogP contribution in [0.1, 0.15) is 39.4 Å². The number of carbonyl (C=O) groups excluding carboxylic acids is 3. The number of methoxy groups -OCH3 is 1. The molecule has 1 aliphatic heterocycles. The molecular weight excluding hydrogens is 450 g/mol. The predicted octanol–water partition coefficient (Wildman–Crippen LogP) is 3.47. The van der Waals surface area contributed by atoms with E-state index in [-0.39, 0.29) is 11.9 Å². The van der Waals surface area contributed by atoms with Gasteiger partial charge in [0.05, 0.1) is 12.7 Å². The van der Waals surface area contributed by atoms with Crippen LogP contribution in [0.4, 0.5) is 10.5 Å². The van der Waals surface area contributed by atoms with Crippen molar-refractivity contribution in [3.05, 3.63) is 65.5 Å². The van der Waals surface area contributed by atoms with E-state index in [0.717, 1.165) is 31.5 Å². The van der Waals surface area contributed by atoms with Gasteiger partial charge in [-0.1, -0.05) is 5.16 Å². The first-order valence-corrected chi connectivity index (χ1v) is 11.4. The summed E-state index contributed by atoms with van der Waals surface area (Å²) in [6.07, 6.45) is 2.51. The summed E-state index contributed by atoms with van der Waals surface area (Å²) in [6.45, 7) is 1.98. The number of urea groups is 1. The normalized spacial score (nSPS) is 12.9. The van der Waals surface area contributed by atoms with E-state index in [1.54, 1.807) is 55.6 Å². The molecule has 0 spiro atoms. The van der Waals surface area contributed by atoms with Crippen LogP contribution in [0, 0.1) is 0 Å². The second-order valence-corrected chi connectivity index (χ2v) is 8.26. The lowest BCUT2D eigenvalue weighted by molar-refractivity contribution is 0.0600. The van der Waals surface area contributed by atoms with Crippen molar-refractivity contribution >= 4 is 23.6 Å². The minimum atomic E-state index is -0.439. The summed E-state index contributed by atoms with van der Waals surface area (Å²) in [6, 6.07) is 13.3. The van der Waals surface area contributed by atoms with Crippen LogP contribution in [-0.2, 0) is 11.2 Å². The van der Waals surface area contributed by atoms with Gasteiger partial charge in [-0.2, -0.15) is 4.98 Å². The maximum absolute atomic E-state index is 12.5. The van der Waals surface area contributed by atoms with E-state index in [2.05, 4.69) is 20.2 Å². The van der Waals surface area contributed by atoms with Gasteiger partial charge in [-0.05, 0) is 61.4 Å². The number of benzene rings is 2. The van der Waals surface area contributed by atoms with Crippen LogP contribution in [-0.4, -0.2) is 71.6 Å². The molecule has 0 unspecified atom stereocenters. The molecule has 1 fully saturated rings. The van der Waals surface area contributed by atoms with Crippen molar-refractivity contribution < 1.29 is 23.6 Å². The molecule has 0 radical (unpaired) electrons. The average molecular weight is 478 g/mol. The largest absolute Gasteiger partial charge is 0.465 e. The zero-order valence-electron chi connectivity index (χ0n) is 19.7. The molecule has 3 amide bonds. The summed E-state index contributed by atoms with van der Waals surface area (Å²) < 4.78 is 10.0. The Morgan fingerprint density at radius 2 is 1.69 bits per heavy atom. The van der Waals surface area contributed by atoms with E-state index < -0.39 is 5.97 Å². The van der Waals surface area contributed by atoms with E-state index in [0.29, 0.717) is 41.5 Å². The molecule has 3 aromatic rings. The van der Waals surface area contributed by atoms with Crippen LogP contribution in [0.25, 0.3) is 11.5 Å². The summed E-state index contributed by atoms with van der Waals surface area (Å²) in [5.74, 6) is 0.434. The van der Waals surface area contributed by atoms with Gasteiger partial charge in [-0.25, -0.2) is 9.59 Å². The lowest BCUT2D eigenvalue weighted by Gasteiger charge is -2.17. The second kappa shape index (κ2) is 10.8. The fourth-order valence-corrected chi connectivity index (χ4v) is 3.73. The molecule has 2 aromatic carbocycles. The molecule has 1 aromatic heterocycles. The van der Waals surface area contributed by atoms with Gasteiger partial charge in [0.1, 0.15) is 0 Å². The number of amides is 3. The molecule has 10 heteroatoms. The molecule has 0 bridgehead atoms. The lowest BCUT2D eigenvalue weighted by Crippen LogP contribution is -2.33. The number of nitrogens with zero attached hydrogens (tertiary/aromatic N) is 4. The van der Waals surface area contributed by atoms with Crippen molar-refractivity contribution in [3.63, 3.8) is 0 Å². The van der Waals surface area contributed by atoms with Crippen molar-refractivity contribution in [2.75, 3.05) is 39.1 Å². The number of anilines is 1. The fourth-order valence-electron chi connectivity index (χ4n) is 3.73. The zero-order chi connectivity index (χ0) is 24.8. The molecular formula is C25H27N5O5. The smallest absolute Gasteiger partial charge is 0.337 e. The monoisotopic (exact) mass is 477 g/mol. The summed E-state index contributed by atoms with van der Waals surface area (Å²) in [5.41, 5.74) is 2.33. The summed E-state index contributed by atoms with van der Waals surface area (Å²) in [4.78, 5) is 44.2. The van der Waals surface area contributed by atoms with Gasteiger partial charge in [0.2, 0.25) is 0 Å². The Labute approximate surface area is 202 Å². The Balaban J connectivity index is 1.28. The van der Waals surface area contributed by atoms with E-state index >= 15 is 0 Å². The van der Waals surface area contributed by atoms with Crippen LogP contribution in [0.3, 0.4) is 0 Å². The van der Waals surface area contributed by atoms with Gasteiger partial charge >= 0.3 is 12.0 Å². The van der Waals surface area contributed by atoms with Gasteiger partial charge in [0, 0.05) is 49.9 Å². The number of aromatic nitrogens is 2. The molecule has 2 heterocycles. The highest BCUT2D eigenvalue weighted by Gasteiger charge is 2.20. The molecule has 182 valence electrons. The standard InChI is InChI=1S/C25H27N5O5/c1-29(25(33)26-20-11-9-19(10-12-20)24(32)34-2)16-13-21-27-22(35-28-21)17-5-7-18(8-6-17)23(31)30-14-3-4-15-30/h5-12H,3-4,13-16H2,1-2H3,(H,26,33). The van der Waals surface area contributed by atoms with Crippen LogP contribution in [0.5, 0.6) is 0 Å². The molecule has 1 aliphatic rings. The minimum absolute atomic E-state index is 0.0426. The number of carbonyl (C=O) groups is 3. The maximum atomic E-state index is 12.5. The SMILES string of the molecule is COC(=O)c1ccc(NC(=O)N(C)CCc2noc(-c3ccc(C(=O)N4CCCC4)cc3)n2)cc1. The highest BCUT2D eigenvalue weighted by atomic mass is 16.5. The molecule has 1 N–H and O–H groups in total. The van der Waals surface area contributed by atoms with E-state index in [1.807, 2.05) is 4.90 Å². The number of hydrogen-bond acceptors (Lipinski definition) is 7. The van der Waals surface area contributed by atoms with E-state index in [9.17, 15) is 14.4 Å². The van der Waals surface area contributed by atoms with Gasteiger partial charge < -0.3 is 24.4 Å². The highest BCUT2D eigenvalue weighted by Crippen LogP contribution is 2.20. The van der Waals surface area contributed by atoms with E-state index in [4.69, 9.17) is 4.52 Å². The topological polar surface area (TPSA) is 118 Å². The Kier molecular flexibility index (Phi) is 7.39. The number of likely N-dealkylation sites (tertiary alicyclic amines) is 1. The third-order valence-electron chi connectivity index (χ3n) is 5.81. The van der Waals surface area contributed by atoms with Crippen molar-refractivity contribution in [1.82, 2.24) is 19.9 Å². The molecule has 0 atom stereocenters. The second-order valence-electron chi connectivity index (χ2n) is 8.26. The Morgan fingerprint density at radius 3 is 2.34 bits per heavy atom. The first-order valence-electron chi connectivity index (χ1n) is 11.4. The summed E-state index contributed by atoms with van der Waals surface area (Å²) in [5, 5.41) is 6.77. The van der Waals surface area contributed by atoms with Gasteiger partial charge in [0.15, 0.2) is 5.82 Å². The average Bonchev–Trinajstić information content (AvgIpc) is 3.60. The Bertz CT molecular complexity index is 1180. The molecule has 1 saturated heterocycles. The predicted molar refractivity (Wildman–Crippen MR) is 128 cm³/mol. The van der Waals surface area contributed by atoms with Crippen LogP contribution >= 0.6 is 0 Å². The third-order valence-corrected chi connectivity index (χ3v) is 5.81. The summed E-state index contributed by atoms with van der Waals surface area (Å²) in [7, 11) is 2.98. The zero-order valence-corrected chi connectivity index (χ0v) is 19.7. The molecule has 0 saturated carbocycles. The van der Waals surface area contributed by atoms with Crippen molar-refractivity contribution in [1.29, 1.82) is 0 Å². The van der Waals surface area contributed by atoms with Crippen molar-refractivity contribution in [2.45, 2.75) is 19.3 Å². The number of rotatable bonds is 7. The molecule has 10 nitrogen and oxygen atoms in total. The van der Waals surface area contributed by atoms with Crippen LogP contribution < -0.4 is 5.32 Å². The van der Waals surface area contributed by atoms with E-state index in [1.165, 1.54) is 12.0 Å². The quantitative estimate of drug-likeness (QED) is 0.518. The first-order chi connectivity index (χ1) is 16.9. The molecule has 4 rings (SSSR count). The Morgan fingerprint density at radius 1 is 1.03 bits per heavy atom. The van der Waals surface area contributed by atoms with Crippen molar-refractivity contribution in [2.24, 2.45) is 0 Å².